The summed E-state index contributed by atoms with van der Waals surface area (Å²) in [4.78, 5) is 22.6. The van der Waals surface area contributed by atoms with E-state index < -0.39 is 0 Å². The number of rotatable bonds is 9. The summed E-state index contributed by atoms with van der Waals surface area (Å²) in [5, 5.41) is 14.7. The molecule has 6 nitrogen and oxygen atoms in total. The number of nitriles is 1. The number of aldehydes is 1. The van der Waals surface area contributed by atoms with Crippen molar-refractivity contribution in [3.8, 4) is 11.8 Å². The van der Waals surface area contributed by atoms with E-state index in [1.807, 2.05) is 6.07 Å². The van der Waals surface area contributed by atoms with Crippen molar-refractivity contribution in [1.29, 1.82) is 5.26 Å². The fourth-order valence-electron chi connectivity index (χ4n) is 2.36. The van der Waals surface area contributed by atoms with Crippen molar-refractivity contribution in [3.63, 3.8) is 0 Å². The van der Waals surface area contributed by atoms with E-state index in [2.05, 4.69) is 10.6 Å². The van der Waals surface area contributed by atoms with E-state index in [0.29, 0.717) is 41.2 Å². The number of carbonyl (C=O) groups is 2. The molecule has 140 valence electrons. The summed E-state index contributed by atoms with van der Waals surface area (Å²) in [7, 11) is 0. The molecule has 0 aliphatic heterocycles. The molecule has 0 heterocycles. The lowest BCUT2D eigenvalue weighted by atomic mass is 10.1. The molecular weight excluding hydrogens is 349 g/mol. The van der Waals surface area contributed by atoms with E-state index in [0.717, 1.165) is 6.29 Å². The largest absolute Gasteiger partial charge is 0.492 e. The van der Waals surface area contributed by atoms with Crippen molar-refractivity contribution < 1.29 is 18.7 Å². The summed E-state index contributed by atoms with van der Waals surface area (Å²) in [6.45, 7) is 2.80. The number of carbonyl (C=O) groups excluding carboxylic acids is 2. The van der Waals surface area contributed by atoms with E-state index in [1.54, 1.807) is 25.1 Å². The third kappa shape index (κ3) is 5.90. The quantitative estimate of drug-likeness (QED) is 0.522. The molecule has 0 radical (unpaired) electrons. The van der Waals surface area contributed by atoms with Crippen LogP contribution in [0.5, 0.6) is 5.75 Å². The first-order valence-electron chi connectivity index (χ1n) is 8.39. The average Bonchev–Trinajstić information content (AvgIpc) is 2.68. The number of nitrogens with one attached hydrogen (secondary N) is 2. The number of hydrogen-bond donors (Lipinski definition) is 2. The number of aryl methyl sites for hydroxylation is 1. The SMILES string of the molecule is Cc1cc(C(=O)NCc2ccc(C#N)cc2OCCNCC=O)ccc1F. The second kappa shape index (κ2) is 10.0. The molecule has 0 saturated heterocycles. The molecule has 2 rings (SSSR count). The minimum Gasteiger partial charge on any atom is -0.492 e. The summed E-state index contributed by atoms with van der Waals surface area (Å²) in [5.41, 5.74) is 1.91. The zero-order valence-electron chi connectivity index (χ0n) is 14.9. The highest BCUT2D eigenvalue weighted by atomic mass is 19.1. The van der Waals surface area contributed by atoms with Gasteiger partial charge in [0.1, 0.15) is 24.5 Å². The van der Waals surface area contributed by atoms with Gasteiger partial charge in [-0.05, 0) is 42.8 Å². The van der Waals surface area contributed by atoms with Crippen LogP contribution in [-0.4, -0.2) is 31.9 Å². The van der Waals surface area contributed by atoms with Crippen LogP contribution in [0.3, 0.4) is 0 Å². The van der Waals surface area contributed by atoms with Gasteiger partial charge in [0.25, 0.3) is 5.91 Å². The first-order valence-corrected chi connectivity index (χ1v) is 8.39. The minimum atomic E-state index is -0.363. The summed E-state index contributed by atoms with van der Waals surface area (Å²) in [6, 6.07) is 11.2. The van der Waals surface area contributed by atoms with E-state index in [1.165, 1.54) is 18.2 Å². The number of amides is 1. The fraction of sp³-hybridized carbons (Fsp3) is 0.250. The van der Waals surface area contributed by atoms with E-state index in [4.69, 9.17) is 10.00 Å². The van der Waals surface area contributed by atoms with Gasteiger partial charge in [0.05, 0.1) is 18.2 Å². The van der Waals surface area contributed by atoms with Gasteiger partial charge in [-0.1, -0.05) is 6.07 Å². The Morgan fingerprint density at radius 2 is 2.11 bits per heavy atom. The maximum absolute atomic E-state index is 13.3. The molecule has 0 saturated carbocycles. The zero-order chi connectivity index (χ0) is 19.6. The van der Waals surface area contributed by atoms with Gasteiger partial charge < -0.3 is 20.2 Å². The molecule has 0 aromatic heterocycles. The smallest absolute Gasteiger partial charge is 0.251 e. The van der Waals surface area contributed by atoms with Gasteiger partial charge in [-0.2, -0.15) is 5.26 Å². The normalized spacial score (nSPS) is 10.1. The molecule has 1 amide bonds. The highest BCUT2D eigenvalue weighted by molar-refractivity contribution is 5.94. The number of nitrogens with zero attached hydrogens (tertiary/aromatic N) is 1. The van der Waals surface area contributed by atoms with Crippen LogP contribution >= 0.6 is 0 Å². The van der Waals surface area contributed by atoms with Gasteiger partial charge in [0, 0.05) is 24.2 Å². The average molecular weight is 369 g/mol. The van der Waals surface area contributed by atoms with E-state index in [9.17, 15) is 14.0 Å². The van der Waals surface area contributed by atoms with Crippen LogP contribution in [0.4, 0.5) is 4.39 Å². The molecule has 7 heteroatoms. The Kier molecular flexibility index (Phi) is 7.47. The first kappa shape index (κ1) is 20.1. The van der Waals surface area contributed by atoms with Crippen LogP contribution in [0.1, 0.15) is 27.0 Å². The van der Waals surface area contributed by atoms with Crippen molar-refractivity contribution in [2.24, 2.45) is 0 Å². The van der Waals surface area contributed by atoms with Crippen LogP contribution in [0.25, 0.3) is 0 Å². The molecular formula is C20H20FN3O3. The van der Waals surface area contributed by atoms with Gasteiger partial charge in [0.2, 0.25) is 0 Å². The van der Waals surface area contributed by atoms with Crippen molar-refractivity contribution in [3.05, 3.63) is 64.5 Å². The summed E-state index contributed by atoms with van der Waals surface area (Å²) < 4.78 is 19.0. The minimum absolute atomic E-state index is 0.193. The summed E-state index contributed by atoms with van der Waals surface area (Å²) >= 11 is 0. The molecule has 0 aliphatic rings. The van der Waals surface area contributed by atoms with Gasteiger partial charge in [-0.25, -0.2) is 4.39 Å². The van der Waals surface area contributed by atoms with Gasteiger partial charge in [0.15, 0.2) is 0 Å². The Morgan fingerprint density at radius 1 is 1.30 bits per heavy atom. The molecule has 2 aromatic carbocycles. The maximum atomic E-state index is 13.3. The second-order valence-electron chi connectivity index (χ2n) is 5.80. The lowest BCUT2D eigenvalue weighted by Gasteiger charge is -2.13. The van der Waals surface area contributed by atoms with Crippen molar-refractivity contribution in [2.45, 2.75) is 13.5 Å². The molecule has 0 unspecified atom stereocenters. The molecule has 2 aromatic rings. The molecule has 0 atom stereocenters. The van der Waals surface area contributed by atoms with Gasteiger partial charge >= 0.3 is 0 Å². The molecule has 0 bridgehead atoms. The number of halogens is 1. The van der Waals surface area contributed by atoms with Crippen molar-refractivity contribution in [2.75, 3.05) is 19.7 Å². The second-order valence-corrected chi connectivity index (χ2v) is 5.80. The monoisotopic (exact) mass is 369 g/mol. The lowest BCUT2D eigenvalue weighted by Crippen LogP contribution is -2.25. The van der Waals surface area contributed by atoms with Gasteiger partial charge in [-0.15, -0.1) is 0 Å². The van der Waals surface area contributed by atoms with Crippen LogP contribution in [-0.2, 0) is 11.3 Å². The Morgan fingerprint density at radius 3 is 2.81 bits per heavy atom. The standard InChI is InChI=1S/C20H20FN3O3/c1-14-10-16(4-5-18(14)21)20(26)24-13-17-3-2-15(12-22)11-19(17)27-9-7-23-6-8-25/h2-5,8,10-11,23H,6-7,9,13H2,1H3,(H,24,26). The Balaban J connectivity index is 2.03. The number of benzene rings is 2. The topological polar surface area (TPSA) is 91.2 Å². The number of hydrogen-bond acceptors (Lipinski definition) is 5. The van der Waals surface area contributed by atoms with Crippen LogP contribution in [0.2, 0.25) is 0 Å². The first-order chi connectivity index (χ1) is 13.0. The highest BCUT2D eigenvalue weighted by Gasteiger charge is 2.10. The molecule has 0 aliphatic carbocycles. The number of ether oxygens (including phenoxy) is 1. The lowest BCUT2D eigenvalue weighted by molar-refractivity contribution is -0.107. The Labute approximate surface area is 157 Å². The van der Waals surface area contributed by atoms with Crippen molar-refractivity contribution in [1.82, 2.24) is 10.6 Å². The van der Waals surface area contributed by atoms with Crippen LogP contribution in [0, 0.1) is 24.1 Å². The fourth-order valence-corrected chi connectivity index (χ4v) is 2.36. The predicted molar refractivity (Wildman–Crippen MR) is 97.9 cm³/mol. The zero-order valence-corrected chi connectivity index (χ0v) is 14.9. The van der Waals surface area contributed by atoms with E-state index in [-0.39, 0.29) is 24.8 Å². The van der Waals surface area contributed by atoms with Gasteiger partial charge in [-0.3, -0.25) is 4.79 Å². The Hall–Kier alpha value is -3.24. The van der Waals surface area contributed by atoms with Crippen molar-refractivity contribution >= 4 is 12.2 Å². The highest BCUT2D eigenvalue weighted by Crippen LogP contribution is 2.20. The predicted octanol–water partition coefficient (Wildman–Crippen LogP) is 2.10. The molecule has 2 N–H and O–H groups in total. The molecule has 0 fully saturated rings. The third-order valence-corrected chi connectivity index (χ3v) is 3.82. The van der Waals surface area contributed by atoms with E-state index >= 15 is 0 Å². The molecule has 27 heavy (non-hydrogen) atoms. The Bertz CT molecular complexity index is 862. The van der Waals surface area contributed by atoms with Crippen LogP contribution < -0.4 is 15.4 Å². The third-order valence-electron chi connectivity index (χ3n) is 3.82. The maximum Gasteiger partial charge on any atom is 0.251 e. The summed E-state index contributed by atoms with van der Waals surface area (Å²) in [6.07, 6.45) is 0.758. The summed E-state index contributed by atoms with van der Waals surface area (Å²) in [5.74, 6) is -0.212. The van der Waals surface area contributed by atoms with Crippen LogP contribution in [0.15, 0.2) is 36.4 Å². The molecule has 0 spiro atoms.